The second-order valence-corrected chi connectivity index (χ2v) is 8.48. The Morgan fingerprint density at radius 3 is 2.59 bits per heavy atom. The van der Waals surface area contributed by atoms with Crippen LogP contribution in [0.25, 0.3) is 33.2 Å². The fourth-order valence-electron chi connectivity index (χ4n) is 4.58. The van der Waals surface area contributed by atoms with E-state index in [2.05, 4.69) is 4.98 Å². The number of nitrogens with two attached hydrogens (primary N) is 1. The van der Waals surface area contributed by atoms with Crippen LogP contribution < -0.4 is 5.73 Å². The molecule has 0 unspecified atom stereocenters. The minimum Gasteiger partial charge on any atom is -0.388 e. The zero-order chi connectivity index (χ0) is 22.3. The van der Waals surface area contributed by atoms with Crippen LogP contribution in [-0.4, -0.2) is 36.8 Å². The number of ether oxygens (including phenoxy) is 1. The standard InChI is InChI=1S/C24H26FN5O2/c1-2-32-13-19-29-21-22(30(19)14-24(31)9-3-4-10-24)20-18(28-23(21)26)11-16(12-27-20)15-5-7-17(25)8-6-15/h5-8,11-12,31H,2-4,9-10,13-14H2,1H3,(H2,26,28). The number of aromatic nitrogens is 4. The van der Waals surface area contributed by atoms with Gasteiger partial charge < -0.3 is 20.1 Å². The zero-order valence-electron chi connectivity index (χ0n) is 18.0. The lowest BCUT2D eigenvalue weighted by molar-refractivity contribution is 0.0281. The van der Waals surface area contributed by atoms with E-state index in [4.69, 9.17) is 20.4 Å². The lowest BCUT2D eigenvalue weighted by Crippen LogP contribution is -2.31. The van der Waals surface area contributed by atoms with Crippen molar-refractivity contribution in [1.29, 1.82) is 0 Å². The second-order valence-electron chi connectivity index (χ2n) is 8.48. The first-order valence-electron chi connectivity index (χ1n) is 11.0. The molecule has 0 bridgehead atoms. The monoisotopic (exact) mass is 435 g/mol. The van der Waals surface area contributed by atoms with Gasteiger partial charge in [0.15, 0.2) is 5.82 Å². The molecule has 166 valence electrons. The van der Waals surface area contributed by atoms with E-state index in [9.17, 15) is 9.50 Å². The molecule has 1 aliphatic rings. The summed E-state index contributed by atoms with van der Waals surface area (Å²) in [6, 6.07) is 8.15. The van der Waals surface area contributed by atoms with Crippen LogP contribution in [0.5, 0.6) is 0 Å². The normalized spacial score (nSPS) is 15.7. The first-order valence-corrected chi connectivity index (χ1v) is 11.0. The van der Waals surface area contributed by atoms with Gasteiger partial charge in [0, 0.05) is 18.4 Å². The molecule has 1 fully saturated rings. The van der Waals surface area contributed by atoms with Gasteiger partial charge >= 0.3 is 0 Å². The molecule has 3 N–H and O–H groups in total. The second kappa shape index (κ2) is 8.11. The number of hydrogen-bond acceptors (Lipinski definition) is 6. The quantitative estimate of drug-likeness (QED) is 0.471. The van der Waals surface area contributed by atoms with Crippen molar-refractivity contribution in [1.82, 2.24) is 19.5 Å². The third-order valence-corrected chi connectivity index (χ3v) is 6.22. The molecule has 0 atom stereocenters. The largest absolute Gasteiger partial charge is 0.388 e. The first kappa shape index (κ1) is 20.8. The molecule has 3 heterocycles. The molecular weight excluding hydrogens is 409 g/mol. The van der Waals surface area contributed by atoms with Gasteiger partial charge in [-0.05, 0) is 43.5 Å². The molecule has 32 heavy (non-hydrogen) atoms. The van der Waals surface area contributed by atoms with Crippen molar-refractivity contribution >= 4 is 27.9 Å². The molecular formula is C24H26FN5O2. The third kappa shape index (κ3) is 3.69. The molecule has 3 aromatic heterocycles. The number of nitrogen functional groups attached to an aromatic ring is 1. The molecule has 8 heteroatoms. The molecule has 1 saturated carbocycles. The Morgan fingerprint density at radius 1 is 1.12 bits per heavy atom. The number of rotatable bonds is 6. The van der Waals surface area contributed by atoms with Gasteiger partial charge in [0.2, 0.25) is 0 Å². The molecule has 0 radical (unpaired) electrons. The number of anilines is 1. The highest BCUT2D eigenvalue weighted by molar-refractivity contribution is 6.05. The highest BCUT2D eigenvalue weighted by Crippen LogP contribution is 2.35. The van der Waals surface area contributed by atoms with Crippen LogP contribution in [-0.2, 0) is 17.9 Å². The van der Waals surface area contributed by atoms with Gasteiger partial charge in [-0.25, -0.2) is 14.4 Å². The van der Waals surface area contributed by atoms with E-state index in [-0.39, 0.29) is 5.82 Å². The van der Waals surface area contributed by atoms with Gasteiger partial charge in [0.25, 0.3) is 0 Å². The van der Waals surface area contributed by atoms with E-state index in [1.807, 2.05) is 17.6 Å². The average molecular weight is 436 g/mol. The van der Waals surface area contributed by atoms with Gasteiger partial charge in [0.05, 0.1) is 17.7 Å². The van der Waals surface area contributed by atoms with E-state index >= 15 is 0 Å². The fourth-order valence-corrected chi connectivity index (χ4v) is 4.58. The number of aliphatic hydroxyl groups is 1. The molecule has 5 rings (SSSR count). The van der Waals surface area contributed by atoms with E-state index < -0.39 is 5.60 Å². The van der Waals surface area contributed by atoms with Crippen LogP contribution >= 0.6 is 0 Å². The van der Waals surface area contributed by atoms with Crippen molar-refractivity contribution < 1.29 is 14.2 Å². The van der Waals surface area contributed by atoms with E-state index in [1.165, 1.54) is 12.1 Å². The number of halogens is 1. The number of benzene rings is 1. The Bertz CT molecular complexity index is 1280. The van der Waals surface area contributed by atoms with Crippen LogP contribution in [0.1, 0.15) is 38.4 Å². The fraction of sp³-hybridized carbons (Fsp3) is 0.375. The molecule has 0 saturated heterocycles. The van der Waals surface area contributed by atoms with Crippen LogP contribution in [0.15, 0.2) is 36.5 Å². The summed E-state index contributed by atoms with van der Waals surface area (Å²) < 4.78 is 21.0. The van der Waals surface area contributed by atoms with Gasteiger partial charge in [-0.2, -0.15) is 0 Å². The molecule has 0 amide bonds. The van der Waals surface area contributed by atoms with Gasteiger partial charge in [-0.1, -0.05) is 25.0 Å². The Balaban J connectivity index is 1.69. The Hall–Kier alpha value is -3.10. The summed E-state index contributed by atoms with van der Waals surface area (Å²) in [6.07, 6.45) is 5.26. The van der Waals surface area contributed by atoms with Gasteiger partial charge in [-0.15, -0.1) is 0 Å². The number of pyridine rings is 2. The van der Waals surface area contributed by atoms with Crippen molar-refractivity contribution in [2.75, 3.05) is 12.3 Å². The zero-order valence-corrected chi connectivity index (χ0v) is 18.0. The maximum absolute atomic E-state index is 13.3. The number of imidazole rings is 1. The molecule has 7 nitrogen and oxygen atoms in total. The van der Waals surface area contributed by atoms with Gasteiger partial charge in [0.1, 0.15) is 34.8 Å². The topological polar surface area (TPSA) is 99.1 Å². The summed E-state index contributed by atoms with van der Waals surface area (Å²) >= 11 is 0. The first-order chi connectivity index (χ1) is 15.5. The molecule has 0 spiro atoms. The summed E-state index contributed by atoms with van der Waals surface area (Å²) in [5.41, 5.74) is 9.80. The number of fused-ring (bicyclic) bond motifs is 3. The minimum absolute atomic E-state index is 0.290. The summed E-state index contributed by atoms with van der Waals surface area (Å²) in [7, 11) is 0. The van der Waals surface area contributed by atoms with E-state index in [0.29, 0.717) is 48.0 Å². The highest BCUT2D eigenvalue weighted by Gasteiger charge is 2.33. The van der Waals surface area contributed by atoms with Crippen molar-refractivity contribution in [3.05, 3.63) is 48.2 Å². The maximum Gasteiger partial charge on any atom is 0.152 e. The summed E-state index contributed by atoms with van der Waals surface area (Å²) in [5, 5.41) is 11.1. The molecule has 4 aromatic rings. The maximum atomic E-state index is 13.3. The minimum atomic E-state index is -0.785. The van der Waals surface area contributed by atoms with Crippen LogP contribution in [0.4, 0.5) is 10.2 Å². The van der Waals surface area contributed by atoms with E-state index in [0.717, 1.165) is 42.3 Å². The summed E-state index contributed by atoms with van der Waals surface area (Å²) in [4.78, 5) is 14.0. The lowest BCUT2D eigenvalue weighted by atomic mass is 10.0. The number of nitrogens with zero attached hydrogens (tertiary/aromatic N) is 4. The van der Waals surface area contributed by atoms with Crippen molar-refractivity contribution in [3.63, 3.8) is 0 Å². The van der Waals surface area contributed by atoms with Gasteiger partial charge in [-0.3, -0.25) is 4.98 Å². The molecule has 0 aliphatic heterocycles. The van der Waals surface area contributed by atoms with E-state index in [1.54, 1.807) is 18.3 Å². The average Bonchev–Trinajstić information content (AvgIpc) is 3.37. The predicted molar refractivity (Wildman–Crippen MR) is 121 cm³/mol. The molecule has 1 aromatic carbocycles. The van der Waals surface area contributed by atoms with Crippen molar-refractivity contribution in [3.8, 4) is 11.1 Å². The Labute approximate surface area is 185 Å². The Morgan fingerprint density at radius 2 is 1.88 bits per heavy atom. The smallest absolute Gasteiger partial charge is 0.152 e. The van der Waals surface area contributed by atoms with Crippen LogP contribution in [0, 0.1) is 5.82 Å². The van der Waals surface area contributed by atoms with Crippen LogP contribution in [0.2, 0.25) is 0 Å². The SMILES string of the molecule is CCOCc1nc2c(N)nc3cc(-c4ccc(F)cc4)cnc3c2n1CC1(O)CCCC1. The van der Waals surface area contributed by atoms with Crippen LogP contribution in [0.3, 0.4) is 0 Å². The molecule has 1 aliphatic carbocycles. The summed E-state index contributed by atoms with van der Waals surface area (Å²) in [5.74, 6) is 0.718. The van der Waals surface area contributed by atoms with Crippen molar-refractivity contribution in [2.45, 2.75) is 51.4 Å². The van der Waals surface area contributed by atoms with Crippen molar-refractivity contribution in [2.24, 2.45) is 0 Å². The highest BCUT2D eigenvalue weighted by atomic mass is 19.1. The number of hydrogen-bond donors (Lipinski definition) is 2. The lowest BCUT2D eigenvalue weighted by Gasteiger charge is -2.24. The predicted octanol–water partition coefficient (Wildman–Crippen LogP) is 4.21. The Kier molecular flexibility index (Phi) is 5.27. The third-order valence-electron chi connectivity index (χ3n) is 6.22. The summed E-state index contributed by atoms with van der Waals surface area (Å²) in [6.45, 7) is 3.21.